The molecule has 0 saturated carbocycles. The van der Waals surface area contributed by atoms with E-state index in [-0.39, 0.29) is 25.8 Å². The molecule has 2 aliphatic rings. The maximum atomic E-state index is 15.4. The zero-order valence-electron chi connectivity index (χ0n) is 20.3. The Morgan fingerprint density at radius 1 is 1.32 bits per heavy atom. The van der Waals surface area contributed by atoms with E-state index in [0.29, 0.717) is 40.2 Å². The van der Waals surface area contributed by atoms with Gasteiger partial charge >= 0.3 is 0 Å². The van der Waals surface area contributed by atoms with Crippen molar-refractivity contribution in [2.75, 3.05) is 23.3 Å². The number of pyridine rings is 2. The van der Waals surface area contributed by atoms with Crippen LogP contribution in [0.15, 0.2) is 36.8 Å². The van der Waals surface area contributed by atoms with Gasteiger partial charge in [-0.15, -0.1) is 0 Å². The Kier molecular flexibility index (Phi) is 6.45. The number of hydrogen-bond donors (Lipinski definition) is 4. The Morgan fingerprint density at radius 3 is 2.76 bits per heavy atom. The zero-order valence-corrected chi connectivity index (χ0v) is 20.3. The van der Waals surface area contributed by atoms with Crippen LogP contribution in [-0.2, 0) is 11.3 Å². The molecule has 37 heavy (non-hydrogen) atoms. The molecular formula is C24H26F2N10O. The number of nitriles is 1. The number of nitrogens with zero attached hydrogens (tertiary/aromatic N) is 6. The molecule has 13 heteroatoms. The van der Waals surface area contributed by atoms with E-state index in [1.807, 2.05) is 0 Å². The Morgan fingerprint density at radius 2 is 2.14 bits per heavy atom. The number of anilines is 2. The van der Waals surface area contributed by atoms with Crippen LogP contribution in [0.1, 0.15) is 30.0 Å². The number of aryl methyl sites for hydroxylation is 1. The van der Waals surface area contributed by atoms with Gasteiger partial charge in [0.15, 0.2) is 11.6 Å². The molecule has 3 aromatic rings. The quantitative estimate of drug-likeness (QED) is 0.374. The number of hydrogen-bond acceptors (Lipinski definition) is 9. The van der Waals surface area contributed by atoms with Gasteiger partial charge in [-0.25, -0.2) is 28.9 Å². The van der Waals surface area contributed by atoms with E-state index in [1.165, 1.54) is 17.1 Å². The smallest absolute Gasteiger partial charge is 0.261 e. The van der Waals surface area contributed by atoms with E-state index in [0.717, 1.165) is 12.6 Å². The maximum absolute atomic E-state index is 15.4. The van der Waals surface area contributed by atoms with Crippen LogP contribution in [0.2, 0.25) is 0 Å². The summed E-state index contributed by atoms with van der Waals surface area (Å²) < 4.78 is 29.8. The van der Waals surface area contributed by atoms with Crippen molar-refractivity contribution in [1.29, 1.82) is 5.26 Å². The van der Waals surface area contributed by atoms with Crippen molar-refractivity contribution in [3.8, 4) is 11.9 Å². The minimum atomic E-state index is -2.11. The second-order valence-electron chi connectivity index (χ2n) is 9.39. The molecule has 1 amide bonds. The molecule has 2 unspecified atom stereocenters. The van der Waals surface area contributed by atoms with Crippen LogP contribution in [0, 0.1) is 24.1 Å². The van der Waals surface area contributed by atoms with Gasteiger partial charge in [0.2, 0.25) is 5.67 Å². The second kappa shape index (κ2) is 9.72. The summed E-state index contributed by atoms with van der Waals surface area (Å²) in [6.45, 7) is 3.50. The lowest BCUT2D eigenvalue weighted by molar-refractivity contribution is -0.134. The molecule has 2 fully saturated rings. The van der Waals surface area contributed by atoms with E-state index in [9.17, 15) is 14.4 Å². The highest BCUT2D eigenvalue weighted by Crippen LogP contribution is 2.34. The summed E-state index contributed by atoms with van der Waals surface area (Å²) in [6.07, 6.45) is 4.59. The molecule has 0 bridgehead atoms. The van der Waals surface area contributed by atoms with E-state index in [4.69, 9.17) is 0 Å². The van der Waals surface area contributed by atoms with Crippen LogP contribution in [0.3, 0.4) is 0 Å². The van der Waals surface area contributed by atoms with Gasteiger partial charge < -0.3 is 15.5 Å². The zero-order chi connectivity index (χ0) is 26.2. The van der Waals surface area contributed by atoms with E-state index < -0.39 is 17.4 Å². The summed E-state index contributed by atoms with van der Waals surface area (Å²) in [7, 11) is 0. The lowest BCUT2D eigenvalue weighted by Crippen LogP contribution is -2.66. The standard InChI is InChI=1S/C24H26F2N10O/c1-14-5-19(31-20-6-15(2)33-34-20)32-22(18(14)7-27)35-12-24(26,13-35)23(37)29-9-16-3-4-21(28-8-16)36-11-17(25)10-30-36/h3-5,8,10-11,15,20,33-34H,6,9,12-13H2,1-2H3,(H,29,37)(H,31,32). The first-order valence-corrected chi connectivity index (χ1v) is 11.8. The van der Waals surface area contributed by atoms with Gasteiger partial charge in [0.25, 0.3) is 5.91 Å². The van der Waals surface area contributed by atoms with Gasteiger partial charge in [-0.05, 0) is 43.5 Å². The molecule has 0 aromatic carbocycles. The molecule has 5 heterocycles. The number of aromatic nitrogens is 4. The number of nitrogens with one attached hydrogen (secondary N) is 4. The minimum absolute atomic E-state index is 0.0330. The van der Waals surface area contributed by atoms with Crippen molar-refractivity contribution in [2.24, 2.45) is 0 Å². The fraction of sp³-hybridized carbons (Fsp3) is 0.375. The molecule has 2 aliphatic heterocycles. The SMILES string of the molecule is Cc1cc(NC2CC(C)NN2)nc(N2CC(F)(C(=O)NCc3ccc(-n4cc(F)cn4)nc3)C2)c1C#N. The molecule has 3 aromatic heterocycles. The average molecular weight is 509 g/mol. The summed E-state index contributed by atoms with van der Waals surface area (Å²) in [5.41, 5.74) is 5.85. The van der Waals surface area contributed by atoms with Crippen molar-refractivity contribution in [3.63, 3.8) is 0 Å². The van der Waals surface area contributed by atoms with Crippen LogP contribution in [0.5, 0.6) is 0 Å². The summed E-state index contributed by atoms with van der Waals surface area (Å²) >= 11 is 0. The molecule has 2 atom stereocenters. The number of halogens is 2. The predicted octanol–water partition coefficient (Wildman–Crippen LogP) is 1.45. The van der Waals surface area contributed by atoms with Gasteiger partial charge in [0.1, 0.15) is 17.7 Å². The van der Waals surface area contributed by atoms with Crippen molar-refractivity contribution < 1.29 is 13.6 Å². The number of carbonyl (C=O) groups is 1. The number of rotatable bonds is 7. The summed E-state index contributed by atoms with van der Waals surface area (Å²) in [4.78, 5) is 23.0. The van der Waals surface area contributed by atoms with Gasteiger partial charge in [0.05, 0.1) is 37.2 Å². The topological polar surface area (TPSA) is 136 Å². The third kappa shape index (κ3) is 5.07. The highest BCUT2D eigenvalue weighted by molar-refractivity contribution is 5.89. The lowest BCUT2D eigenvalue weighted by Gasteiger charge is -2.44. The fourth-order valence-electron chi connectivity index (χ4n) is 4.36. The molecule has 4 N–H and O–H groups in total. The van der Waals surface area contributed by atoms with Crippen LogP contribution < -0.4 is 26.4 Å². The van der Waals surface area contributed by atoms with Crippen molar-refractivity contribution in [3.05, 3.63) is 59.3 Å². The Balaban J connectivity index is 1.20. The molecule has 192 valence electrons. The van der Waals surface area contributed by atoms with E-state index >= 15 is 4.39 Å². The van der Waals surface area contributed by atoms with E-state index in [1.54, 1.807) is 30.0 Å². The van der Waals surface area contributed by atoms with Crippen LogP contribution in [0.25, 0.3) is 5.82 Å². The largest absolute Gasteiger partial charge is 0.353 e. The maximum Gasteiger partial charge on any atom is 0.261 e. The van der Waals surface area contributed by atoms with Gasteiger partial charge in [-0.2, -0.15) is 10.4 Å². The van der Waals surface area contributed by atoms with Crippen LogP contribution in [0.4, 0.5) is 20.4 Å². The van der Waals surface area contributed by atoms with Crippen molar-refractivity contribution in [2.45, 2.75) is 44.7 Å². The van der Waals surface area contributed by atoms with Gasteiger partial charge in [0, 0.05) is 18.8 Å². The third-order valence-corrected chi connectivity index (χ3v) is 6.36. The normalized spacial score (nSPS) is 20.2. The Hall–Kier alpha value is -4.15. The number of amides is 1. The molecule has 0 spiro atoms. The second-order valence-corrected chi connectivity index (χ2v) is 9.39. The van der Waals surface area contributed by atoms with E-state index in [2.05, 4.69) is 49.5 Å². The monoisotopic (exact) mass is 508 g/mol. The van der Waals surface area contributed by atoms with Gasteiger partial charge in [-0.1, -0.05) is 6.07 Å². The molecule has 11 nitrogen and oxygen atoms in total. The predicted molar refractivity (Wildman–Crippen MR) is 131 cm³/mol. The Bertz CT molecular complexity index is 1350. The van der Waals surface area contributed by atoms with Crippen molar-refractivity contribution in [1.82, 2.24) is 35.9 Å². The average Bonchev–Trinajstić information content (AvgIpc) is 3.48. The van der Waals surface area contributed by atoms with Gasteiger partial charge in [-0.3, -0.25) is 10.2 Å². The molecular weight excluding hydrogens is 482 g/mol. The summed E-state index contributed by atoms with van der Waals surface area (Å²) in [5.74, 6) is 0.0999. The molecule has 0 aliphatic carbocycles. The Labute approximate surface area is 211 Å². The molecule has 5 rings (SSSR count). The summed E-state index contributed by atoms with van der Waals surface area (Å²) in [6, 6.07) is 7.55. The first kappa shape index (κ1) is 24.5. The lowest BCUT2D eigenvalue weighted by atomic mass is 9.94. The third-order valence-electron chi connectivity index (χ3n) is 6.36. The highest BCUT2D eigenvalue weighted by atomic mass is 19.1. The number of carbonyl (C=O) groups excluding carboxylic acids is 1. The number of alkyl halides is 1. The fourth-order valence-corrected chi connectivity index (χ4v) is 4.36. The highest BCUT2D eigenvalue weighted by Gasteiger charge is 2.51. The molecule has 0 radical (unpaired) electrons. The van der Waals surface area contributed by atoms with Crippen molar-refractivity contribution >= 4 is 17.5 Å². The summed E-state index contributed by atoms with van der Waals surface area (Å²) in [5, 5.41) is 19.4. The van der Waals surface area contributed by atoms with Crippen LogP contribution >= 0.6 is 0 Å². The van der Waals surface area contributed by atoms with Crippen LogP contribution in [-0.4, -0.2) is 56.6 Å². The minimum Gasteiger partial charge on any atom is -0.353 e. The molecule has 2 saturated heterocycles. The first-order chi connectivity index (χ1) is 17.7. The number of hydrazine groups is 1. The first-order valence-electron chi connectivity index (χ1n) is 11.8.